The van der Waals surface area contributed by atoms with Crippen molar-refractivity contribution in [3.8, 4) is 0 Å². The number of carbonyl (C=O) groups excluding carboxylic acids is 1. The third-order valence-corrected chi connectivity index (χ3v) is 2.66. The van der Waals surface area contributed by atoms with E-state index in [1.54, 1.807) is 0 Å². The van der Waals surface area contributed by atoms with Gasteiger partial charge in [-0.15, -0.1) is 0 Å². The molecule has 2 heteroatoms. The summed E-state index contributed by atoms with van der Waals surface area (Å²) in [6, 6.07) is 0. The Morgan fingerprint density at radius 3 is 2.33 bits per heavy atom. The molecule has 0 amide bonds. The lowest BCUT2D eigenvalue weighted by Crippen LogP contribution is -1.92. The van der Waals surface area contributed by atoms with Gasteiger partial charge in [0.25, 0.3) is 6.47 Å². The van der Waals surface area contributed by atoms with E-state index in [1.807, 2.05) is 13.0 Å². The summed E-state index contributed by atoms with van der Waals surface area (Å²) in [6.45, 7) is 12.6. The molecule has 0 bridgehead atoms. The fourth-order valence-corrected chi connectivity index (χ4v) is 1.48. The first-order valence-electron chi connectivity index (χ1n) is 6.27. The van der Waals surface area contributed by atoms with Gasteiger partial charge in [-0.2, -0.15) is 0 Å². The van der Waals surface area contributed by atoms with Gasteiger partial charge in [0.2, 0.25) is 0 Å². The molecule has 0 saturated carbocycles. The zero-order valence-electron chi connectivity index (χ0n) is 11.6. The highest BCUT2D eigenvalue weighted by Crippen LogP contribution is 2.11. The Balaban J connectivity index is 3.84. The van der Waals surface area contributed by atoms with Crippen molar-refractivity contribution in [3.05, 3.63) is 48.1 Å². The van der Waals surface area contributed by atoms with Crippen molar-refractivity contribution in [3.63, 3.8) is 0 Å². The Morgan fingerprint density at radius 1 is 1.11 bits per heavy atom. The minimum absolute atomic E-state index is 0.394. The molecule has 0 aromatic heterocycles. The van der Waals surface area contributed by atoms with Crippen molar-refractivity contribution in [2.75, 3.05) is 6.61 Å². The van der Waals surface area contributed by atoms with Gasteiger partial charge in [0.15, 0.2) is 0 Å². The highest BCUT2D eigenvalue weighted by atomic mass is 16.5. The normalized spacial score (nSPS) is 12.1. The molecule has 0 rings (SSSR count). The van der Waals surface area contributed by atoms with Crippen molar-refractivity contribution in [1.29, 1.82) is 0 Å². The van der Waals surface area contributed by atoms with Crippen LogP contribution in [-0.2, 0) is 9.53 Å². The van der Waals surface area contributed by atoms with Gasteiger partial charge in [-0.05, 0) is 45.1 Å². The average molecular weight is 248 g/mol. The van der Waals surface area contributed by atoms with Crippen LogP contribution in [0.2, 0.25) is 0 Å². The highest BCUT2D eigenvalue weighted by Gasteiger charge is 1.92. The van der Waals surface area contributed by atoms with E-state index in [-0.39, 0.29) is 0 Å². The lowest BCUT2D eigenvalue weighted by molar-refractivity contribution is -0.127. The SMILES string of the molecule is C=CC(=C)CC/C=C(\C)CC/C=C(\C)COC=O. The van der Waals surface area contributed by atoms with Crippen LogP contribution in [0.3, 0.4) is 0 Å². The molecule has 0 aliphatic carbocycles. The average Bonchev–Trinajstić information content (AvgIpc) is 2.36. The molecule has 0 aromatic carbocycles. The van der Waals surface area contributed by atoms with Gasteiger partial charge in [-0.3, -0.25) is 4.79 Å². The van der Waals surface area contributed by atoms with Gasteiger partial charge in [0, 0.05) is 0 Å². The van der Waals surface area contributed by atoms with Gasteiger partial charge in [0.05, 0.1) is 0 Å². The van der Waals surface area contributed by atoms with Crippen LogP contribution < -0.4 is 0 Å². The Kier molecular flexibility index (Phi) is 9.65. The number of carbonyl (C=O) groups is 1. The molecule has 0 unspecified atom stereocenters. The van der Waals surface area contributed by atoms with E-state index < -0.39 is 0 Å². The lowest BCUT2D eigenvalue weighted by atomic mass is 10.1. The van der Waals surface area contributed by atoms with E-state index in [0.717, 1.165) is 36.8 Å². The summed E-state index contributed by atoms with van der Waals surface area (Å²) in [5.41, 5.74) is 3.56. The second-order valence-corrected chi connectivity index (χ2v) is 4.45. The Hall–Kier alpha value is -1.57. The predicted octanol–water partition coefficient (Wildman–Crippen LogP) is 4.35. The van der Waals surface area contributed by atoms with Crippen LogP contribution >= 0.6 is 0 Å². The zero-order chi connectivity index (χ0) is 13.8. The van der Waals surface area contributed by atoms with Crippen LogP contribution in [0, 0.1) is 0 Å². The zero-order valence-corrected chi connectivity index (χ0v) is 11.6. The second-order valence-electron chi connectivity index (χ2n) is 4.45. The number of allylic oxidation sites excluding steroid dienone is 5. The maximum absolute atomic E-state index is 10.0. The highest BCUT2D eigenvalue weighted by molar-refractivity contribution is 5.37. The number of rotatable bonds is 10. The number of hydrogen-bond donors (Lipinski definition) is 0. The predicted molar refractivity (Wildman–Crippen MR) is 77.3 cm³/mol. The van der Waals surface area contributed by atoms with Crippen LogP contribution in [0.1, 0.15) is 39.5 Å². The van der Waals surface area contributed by atoms with E-state index in [0.29, 0.717) is 13.1 Å². The fourth-order valence-electron chi connectivity index (χ4n) is 1.48. The number of ether oxygens (including phenoxy) is 1. The van der Waals surface area contributed by atoms with Crippen molar-refractivity contribution in [1.82, 2.24) is 0 Å². The Labute approximate surface area is 111 Å². The summed E-state index contributed by atoms with van der Waals surface area (Å²) < 4.78 is 4.67. The minimum Gasteiger partial charge on any atom is -0.463 e. The van der Waals surface area contributed by atoms with Gasteiger partial charge >= 0.3 is 0 Å². The molecule has 0 N–H and O–H groups in total. The summed E-state index contributed by atoms with van der Waals surface area (Å²) in [5.74, 6) is 0. The first kappa shape index (κ1) is 16.4. The van der Waals surface area contributed by atoms with Crippen molar-refractivity contribution >= 4 is 6.47 Å². The largest absolute Gasteiger partial charge is 0.463 e. The van der Waals surface area contributed by atoms with Crippen LogP contribution in [0.5, 0.6) is 0 Å². The van der Waals surface area contributed by atoms with Crippen LogP contribution in [0.15, 0.2) is 48.1 Å². The molecule has 2 nitrogen and oxygen atoms in total. The molecular weight excluding hydrogens is 224 g/mol. The summed E-state index contributed by atoms with van der Waals surface area (Å²) in [7, 11) is 0. The van der Waals surface area contributed by atoms with E-state index in [1.165, 1.54) is 5.57 Å². The smallest absolute Gasteiger partial charge is 0.293 e. The Morgan fingerprint density at radius 2 is 1.72 bits per heavy atom. The van der Waals surface area contributed by atoms with E-state index in [9.17, 15) is 4.79 Å². The van der Waals surface area contributed by atoms with E-state index >= 15 is 0 Å². The van der Waals surface area contributed by atoms with Gasteiger partial charge in [-0.25, -0.2) is 0 Å². The summed E-state index contributed by atoms with van der Waals surface area (Å²) >= 11 is 0. The topological polar surface area (TPSA) is 26.3 Å². The molecule has 100 valence electrons. The Bertz CT molecular complexity index is 335. The molecule has 0 aliphatic heterocycles. The van der Waals surface area contributed by atoms with Crippen LogP contribution in [-0.4, -0.2) is 13.1 Å². The molecule has 0 spiro atoms. The number of hydrogen-bond acceptors (Lipinski definition) is 2. The third-order valence-electron chi connectivity index (χ3n) is 2.66. The van der Waals surface area contributed by atoms with Crippen LogP contribution in [0.4, 0.5) is 0 Å². The molecule has 0 heterocycles. The first-order chi connectivity index (χ1) is 8.60. The molecule has 0 aliphatic rings. The maximum atomic E-state index is 10.0. The first-order valence-corrected chi connectivity index (χ1v) is 6.27. The standard InChI is InChI=1S/C16H24O2/c1-5-14(2)8-6-9-15(3)10-7-11-16(4)12-18-13-17/h5,9,11,13H,1-2,6-8,10,12H2,3-4H3/b15-9+,16-11+. The molecule has 18 heavy (non-hydrogen) atoms. The summed E-state index contributed by atoms with van der Waals surface area (Å²) in [4.78, 5) is 10.0. The van der Waals surface area contributed by atoms with E-state index in [4.69, 9.17) is 0 Å². The van der Waals surface area contributed by atoms with Crippen LogP contribution in [0.25, 0.3) is 0 Å². The lowest BCUT2D eigenvalue weighted by Gasteiger charge is -2.01. The van der Waals surface area contributed by atoms with Crippen molar-refractivity contribution in [2.24, 2.45) is 0 Å². The molecule has 0 fully saturated rings. The molecule has 0 atom stereocenters. The minimum atomic E-state index is 0.394. The quantitative estimate of drug-likeness (QED) is 0.326. The third kappa shape index (κ3) is 9.64. The van der Waals surface area contributed by atoms with Gasteiger partial charge < -0.3 is 4.74 Å². The molecule has 0 radical (unpaired) electrons. The van der Waals surface area contributed by atoms with Crippen molar-refractivity contribution < 1.29 is 9.53 Å². The maximum Gasteiger partial charge on any atom is 0.293 e. The monoisotopic (exact) mass is 248 g/mol. The van der Waals surface area contributed by atoms with E-state index in [2.05, 4.69) is 37.0 Å². The van der Waals surface area contributed by atoms with Gasteiger partial charge in [0.1, 0.15) is 6.61 Å². The van der Waals surface area contributed by atoms with Crippen molar-refractivity contribution in [2.45, 2.75) is 39.5 Å². The second kappa shape index (κ2) is 10.6. The summed E-state index contributed by atoms with van der Waals surface area (Å²) in [5, 5.41) is 0. The molecule has 0 aromatic rings. The summed E-state index contributed by atoms with van der Waals surface area (Å²) in [6.07, 6.45) is 10.2. The molecule has 0 saturated heterocycles. The fraction of sp³-hybridized carbons (Fsp3) is 0.438. The van der Waals surface area contributed by atoms with Gasteiger partial charge in [-0.1, -0.05) is 42.5 Å². The molecular formula is C16H24O2.